The molecule has 0 bridgehead atoms. The quantitative estimate of drug-likeness (QED) is 0.598. The number of fused-ring (bicyclic) bond motifs is 5. The molecular formula is C27H36O2. The molecule has 5 rings (SSSR count). The van der Waals surface area contributed by atoms with Crippen LogP contribution in [0.1, 0.15) is 77.2 Å². The van der Waals surface area contributed by atoms with Crippen molar-refractivity contribution in [2.24, 2.45) is 34.5 Å². The van der Waals surface area contributed by atoms with Gasteiger partial charge in [-0.3, -0.25) is 0 Å². The monoisotopic (exact) mass is 392 g/mol. The van der Waals surface area contributed by atoms with Crippen molar-refractivity contribution in [1.29, 1.82) is 0 Å². The maximum Gasteiger partial charge on any atom is 0.131 e. The van der Waals surface area contributed by atoms with Gasteiger partial charge in [0.25, 0.3) is 0 Å². The van der Waals surface area contributed by atoms with E-state index in [-0.39, 0.29) is 11.5 Å². The van der Waals surface area contributed by atoms with Crippen LogP contribution in [0, 0.1) is 46.3 Å². The van der Waals surface area contributed by atoms with Crippen LogP contribution in [-0.4, -0.2) is 21.9 Å². The van der Waals surface area contributed by atoms with Crippen LogP contribution in [0.25, 0.3) is 0 Å². The molecule has 0 radical (unpaired) electrons. The first-order valence-corrected chi connectivity index (χ1v) is 11.8. The summed E-state index contributed by atoms with van der Waals surface area (Å²) in [6, 6.07) is 10.1. The van der Waals surface area contributed by atoms with E-state index in [4.69, 9.17) is 0 Å². The summed E-state index contributed by atoms with van der Waals surface area (Å²) in [5.74, 6) is 9.40. The van der Waals surface area contributed by atoms with E-state index in [1.807, 2.05) is 30.3 Å². The van der Waals surface area contributed by atoms with E-state index in [9.17, 15) is 10.2 Å². The summed E-state index contributed by atoms with van der Waals surface area (Å²) >= 11 is 0. The van der Waals surface area contributed by atoms with Gasteiger partial charge < -0.3 is 10.2 Å². The summed E-state index contributed by atoms with van der Waals surface area (Å²) in [7, 11) is 0. The Labute approximate surface area is 176 Å². The van der Waals surface area contributed by atoms with Crippen molar-refractivity contribution in [2.75, 3.05) is 0 Å². The van der Waals surface area contributed by atoms with Gasteiger partial charge in [-0.25, -0.2) is 0 Å². The van der Waals surface area contributed by atoms with Crippen molar-refractivity contribution >= 4 is 0 Å². The molecule has 1 aromatic rings. The van der Waals surface area contributed by atoms with Gasteiger partial charge in [-0.2, -0.15) is 0 Å². The first kappa shape index (κ1) is 19.7. The zero-order valence-electron chi connectivity index (χ0n) is 18.0. The van der Waals surface area contributed by atoms with Gasteiger partial charge in [-0.05, 0) is 99.0 Å². The van der Waals surface area contributed by atoms with Crippen LogP contribution in [-0.2, 0) is 0 Å². The lowest BCUT2D eigenvalue weighted by molar-refractivity contribution is -0.144. The van der Waals surface area contributed by atoms with E-state index in [1.54, 1.807) is 0 Å². The maximum atomic E-state index is 11.7. The molecule has 2 heteroatoms. The summed E-state index contributed by atoms with van der Waals surface area (Å²) in [5, 5.41) is 21.9. The predicted molar refractivity (Wildman–Crippen MR) is 116 cm³/mol. The fraction of sp³-hybridized carbons (Fsp3) is 0.704. The zero-order valence-corrected chi connectivity index (χ0v) is 18.0. The molecule has 0 aromatic heterocycles. The highest BCUT2D eigenvalue weighted by atomic mass is 16.3. The lowest BCUT2D eigenvalue weighted by Gasteiger charge is -2.61. The molecule has 0 aliphatic heterocycles. The number of rotatable bonds is 0. The summed E-state index contributed by atoms with van der Waals surface area (Å²) in [6.45, 7) is 4.86. The predicted octanol–water partition coefficient (Wildman–Crippen LogP) is 5.17. The molecule has 156 valence electrons. The van der Waals surface area contributed by atoms with Gasteiger partial charge in [0.15, 0.2) is 0 Å². The summed E-state index contributed by atoms with van der Waals surface area (Å²) < 4.78 is 0. The van der Waals surface area contributed by atoms with E-state index in [1.165, 1.54) is 25.7 Å². The molecule has 4 saturated carbocycles. The highest BCUT2D eigenvalue weighted by molar-refractivity contribution is 5.38. The fourth-order valence-electron chi connectivity index (χ4n) is 8.15. The van der Waals surface area contributed by atoms with E-state index < -0.39 is 5.60 Å². The van der Waals surface area contributed by atoms with Crippen LogP contribution in [0.4, 0.5) is 0 Å². The Hall–Kier alpha value is -1.30. The average molecular weight is 393 g/mol. The molecule has 2 nitrogen and oxygen atoms in total. The lowest BCUT2D eigenvalue weighted by atomic mass is 9.44. The molecule has 0 saturated heterocycles. The van der Waals surface area contributed by atoms with E-state index >= 15 is 0 Å². The van der Waals surface area contributed by atoms with Gasteiger partial charge in [0, 0.05) is 11.0 Å². The van der Waals surface area contributed by atoms with Crippen molar-refractivity contribution in [2.45, 2.75) is 83.3 Å². The Bertz CT molecular complexity index is 822. The Morgan fingerprint density at radius 2 is 1.66 bits per heavy atom. The molecule has 7 unspecified atom stereocenters. The molecule has 4 aliphatic carbocycles. The van der Waals surface area contributed by atoms with Crippen molar-refractivity contribution in [3.8, 4) is 11.8 Å². The third kappa shape index (κ3) is 2.92. The molecule has 0 spiro atoms. The van der Waals surface area contributed by atoms with Gasteiger partial charge in [-0.15, -0.1) is 0 Å². The van der Waals surface area contributed by atoms with E-state index in [0.717, 1.165) is 49.5 Å². The Balaban J connectivity index is 1.42. The second-order valence-corrected chi connectivity index (χ2v) is 11.1. The van der Waals surface area contributed by atoms with Crippen LogP contribution in [0.5, 0.6) is 0 Å². The first-order chi connectivity index (χ1) is 13.9. The normalized spacial score (nSPS) is 48.6. The first-order valence-electron chi connectivity index (χ1n) is 11.8. The van der Waals surface area contributed by atoms with Gasteiger partial charge in [-0.1, -0.05) is 43.9 Å². The minimum Gasteiger partial charge on any atom is -0.393 e. The Kier molecular flexibility index (Phi) is 4.65. The van der Waals surface area contributed by atoms with Gasteiger partial charge in [0.05, 0.1) is 6.10 Å². The minimum absolute atomic E-state index is 0.0803. The molecule has 1 aromatic carbocycles. The van der Waals surface area contributed by atoms with Gasteiger partial charge in [0.2, 0.25) is 0 Å². The third-order valence-electron chi connectivity index (χ3n) is 9.98. The molecule has 0 amide bonds. The van der Waals surface area contributed by atoms with Gasteiger partial charge in [0.1, 0.15) is 5.60 Å². The molecule has 4 fully saturated rings. The molecule has 29 heavy (non-hydrogen) atoms. The standard InChI is InChI=1S/C27H36O2/c1-25-14-11-21(28)18-20(25)8-9-22-23(25)12-15-26(2)24(22)13-17-27(26,29)16-10-19-6-4-3-5-7-19/h3-7,20-24,28-29H,8-9,11-15,17-18H2,1-2H3/t20?,21?,22?,23?,24?,25?,26?,27-/m0/s1. The maximum absolute atomic E-state index is 11.7. The highest BCUT2D eigenvalue weighted by Gasteiger charge is 2.64. The molecule has 8 atom stereocenters. The molecule has 2 N–H and O–H groups in total. The highest BCUT2D eigenvalue weighted by Crippen LogP contribution is 2.68. The SMILES string of the molecule is CC12CCC(O)CC1CCC1C2CCC2(C)C1CC[C@@]2(O)C#Cc1ccccc1. The van der Waals surface area contributed by atoms with Crippen LogP contribution in [0.3, 0.4) is 0 Å². The van der Waals surface area contributed by atoms with Crippen LogP contribution < -0.4 is 0 Å². The lowest BCUT2D eigenvalue weighted by Crippen LogP contribution is -2.56. The number of hydrogen-bond donors (Lipinski definition) is 2. The number of aliphatic hydroxyl groups is 2. The largest absolute Gasteiger partial charge is 0.393 e. The Morgan fingerprint density at radius 1 is 0.897 bits per heavy atom. The minimum atomic E-state index is -0.862. The topological polar surface area (TPSA) is 40.5 Å². The van der Waals surface area contributed by atoms with E-state index in [0.29, 0.717) is 17.3 Å². The average Bonchev–Trinajstić information content (AvgIpc) is 2.99. The van der Waals surface area contributed by atoms with Crippen molar-refractivity contribution in [3.05, 3.63) is 35.9 Å². The zero-order chi connectivity index (χ0) is 20.3. The summed E-state index contributed by atoms with van der Waals surface area (Å²) in [5.41, 5.74) is 0.433. The van der Waals surface area contributed by atoms with Gasteiger partial charge >= 0.3 is 0 Å². The summed E-state index contributed by atoms with van der Waals surface area (Å²) in [4.78, 5) is 0. The van der Waals surface area contributed by atoms with Crippen LogP contribution in [0.15, 0.2) is 30.3 Å². The van der Waals surface area contributed by atoms with E-state index in [2.05, 4.69) is 25.7 Å². The molecule has 4 aliphatic rings. The fourth-order valence-corrected chi connectivity index (χ4v) is 8.15. The smallest absolute Gasteiger partial charge is 0.131 e. The summed E-state index contributed by atoms with van der Waals surface area (Å²) in [6.07, 6.45) is 9.86. The number of hydrogen-bond acceptors (Lipinski definition) is 2. The number of benzene rings is 1. The van der Waals surface area contributed by atoms with Crippen LogP contribution >= 0.6 is 0 Å². The molecule has 0 heterocycles. The molecular weight excluding hydrogens is 356 g/mol. The second-order valence-electron chi connectivity index (χ2n) is 11.1. The van der Waals surface area contributed by atoms with Crippen molar-refractivity contribution < 1.29 is 10.2 Å². The van der Waals surface area contributed by atoms with Crippen LogP contribution in [0.2, 0.25) is 0 Å². The number of aliphatic hydroxyl groups excluding tert-OH is 1. The third-order valence-corrected chi connectivity index (χ3v) is 9.98. The van der Waals surface area contributed by atoms with Crippen molar-refractivity contribution in [3.63, 3.8) is 0 Å². The van der Waals surface area contributed by atoms with Crippen molar-refractivity contribution in [1.82, 2.24) is 0 Å². The Morgan fingerprint density at radius 3 is 2.45 bits per heavy atom. The second kappa shape index (κ2) is 6.86.